The average molecular weight is 208 g/mol. The number of hydrogen-bond acceptors (Lipinski definition) is 2. The number of hydrogen-bond donors (Lipinski definition) is 1. The van der Waals surface area contributed by atoms with Gasteiger partial charge in [-0.05, 0) is 18.6 Å². The number of aliphatic carboxylic acids is 1. The molecule has 1 aromatic carbocycles. The molecule has 1 atom stereocenters. The zero-order valence-electron chi connectivity index (χ0n) is 9.02. The molecular weight excluding hydrogens is 194 g/mol. The minimum absolute atomic E-state index is 0.531. The van der Waals surface area contributed by atoms with Crippen molar-refractivity contribution in [2.24, 2.45) is 0 Å². The van der Waals surface area contributed by atoms with Crippen molar-refractivity contribution in [2.75, 3.05) is 14.2 Å². The molecule has 0 bridgehead atoms. The Balaban J connectivity index is 3.07. The first-order chi connectivity index (χ1) is 7.10. The molecule has 4 nitrogen and oxygen atoms in total. The van der Waals surface area contributed by atoms with E-state index in [2.05, 4.69) is 5.32 Å². The van der Waals surface area contributed by atoms with Crippen LogP contribution in [0.4, 0.5) is 5.69 Å². The molecule has 1 aromatic rings. The van der Waals surface area contributed by atoms with Crippen molar-refractivity contribution < 1.29 is 14.6 Å². The fourth-order valence-electron chi connectivity index (χ4n) is 1.29. The first-order valence-electron chi connectivity index (χ1n) is 4.60. The van der Waals surface area contributed by atoms with Gasteiger partial charge in [0.1, 0.15) is 5.75 Å². The van der Waals surface area contributed by atoms with Crippen molar-refractivity contribution in [1.29, 1.82) is 0 Å². The molecule has 0 aromatic heterocycles. The average Bonchev–Trinajstić information content (AvgIpc) is 2.26. The molecule has 0 aliphatic carbocycles. The van der Waals surface area contributed by atoms with E-state index in [1.807, 2.05) is 0 Å². The first kappa shape index (κ1) is 11.4. The Morgan fingerprint density at radius 3 is 2.67 bits per heavy atom. The quantitative estimate of drug-likeness (QED) is 0.827. The van der Waals surface area contributed by atoms with E-state index in [4.69, 9.17) is 9.84 Å². The number of methoxy groups -OCH3 is 1. The van der Waals surface area contributed by atoms with Gasteiger partial charge in [0.15, 0.2) is 0 Å². The number of carboxylic acid groups (broad SMARTS) is 1. The van der Waals surface area contributed by atoms with Gasteiger partial charge in [-0.25, -0.2) is 0 Å². The molecule has 1 unspecified atom stereocenters. The van der Waals surface area contributed by atoms with E-state index >= 15 is 0 Å². The van der Waals surface area contributed by atoms with Crippen LogP contribution in [0.1, 0.15) is 18.4 Å². The minimum Gasteiger partial charge on any atom is -0.684 e. The van der Waals surface area contributed by atoms with Crippen LogP contribution in [-0.4, -0.2) is 25.2 Å². The molecule has 15 heavy (non-hydrogen) atoms. The highest BCUT2D eigenvalue weighted by molar-refractivity contribution is 5.77. The molecule has 4 heteroatoms. The molecule has 0 saturated carbocycles. The van der Waals surface area contributed by atoms with Crippen LogP contribution < -0.4 is 4.74 Å². The summed E-state index contributed by atoms with van der Waals surface area (Å²) in [4.78, 5) is 10.8. The summed E-state index contributed by atoms with van der Waals surface area (Å²) in [5.74, 6) is -0.725. The zero-order valence-corrected chi connectivity index (χ0v) is 9.02. The second kappa shape index (κ2) is 4.68. The third kappa shape index (κ3) is 2.40. The van der Waals surface area contributed by atoms with Crippen LogP contribution in [0.3, 0.4) is 0 Å². The molecule has 0 aliphatic rings. The van der Waals surface area contributed by atoms with Crippen molar-refractivity contribution >= 4 is 11.7 Å². The summed E-state index contributed by atoms with van der Waals surface area (Å²) in [5, 5.41) is 12.9. The van der Waals surface area contributed by atoms with Gasteiger partial charge in [-0.1, -0.05) is 17.8 Å². The van der Waals surface area contributed by atoms with Gasteiger partial charge in [0.25, 0.3) is 0 Å². The Kier molecular flexibility index (Phi) is 3.55. The number of nitrogens with zero attached hydrogens (tertiary/aromatic N) is 1. The topological polar surface area (TPSA) is 60.6 Å². The summed E-state index contributed by atoms with van der Waals surface area (Å²) in [7, 11) is 3.21. The van der Waals surface area contributed by atoms with E-state index in [0.717, 1.165) is 5.56 Å². The normalized spacial score (nSPS) is 11.9. The molecule has 1 rings (SSSR count). The van der Waals surface area contributed by atoms with E-state index in [-0.39, 0.29) is 0 Å². The van der Waals surface area contributed by atoms with E-state index in [1.54, 1.807) is 39.3 Å². The second-order valence-corrected chi connectivity index (χ2v) is 3.21. The van der Waals surface area contributed by atoms with Crippen LogP contribution in [0, 0.1) is 0 Å². The highest BCUT2D eigenvalue weighted by atomic mass is 16.5. The van der Waals surface area contributed by atoms with Gasteiger partial charge in [-0.15, -0.1) is 7.05 Å². The smallest absolute Gasteiger partial charge is 0.310 e. The van der Waals surface area contributed by atoms with Gasteiger partial charge >= 0.3 is 5.97 Å². The summed E-state index contributed by atoms with van der Waals surface area (Å²) in [5.41, 5.74) is 1.40. The SMILES string of the molecule is C[N-]c1cc(C(C)C(=O)O)ccc1OC. The largest absolute Gasteiger partial charge is 0.684 e. The van der Waals surface area contributed by atoms with E-state index in [1.165, 1.54) is 0 Å². The summed E-state index contributed by atoms with van der Waals surface area (Å²) in [6.45, 7) is 1.64. The van der Waals surface area contributed by atoms with Gasteiger partial charge < -0.3 is 15.2 Å². The molecule has 82 valence electrons. The fourth-order valence-corrected chi connectivity index (χ4v) is 1.29. The summed E-state index contributed by atoms with van der Waals surface area (Å²) in [6, 6.07) is 5.21. The lowest BCUT2D eigenvalue weighted by Gasteiger charge is -2.20. The molecule has 0 spiro atoms. The van der Waals surface area contributed by atoms with Crippen molar-refractivity contribution in [3.05, 3.63) is 29.1 Å². The van der Waals surface area contributed by atoms with Gasteiger partial charge in [0, 0.05) is 0 Å². The van der Waals surface area contributed by atoms with Gasteiger partial charge in [0.05, 0.1) is 13.0 Å². The highest BCUT2D eigenvalue weighted by Crippen LogP contribution is 2.33. The third-order valence-corrected chi connectivity index (χ3v) is 2.31. The lowest BCUT2D eigenvalue weighted by Crippen LogP contribution is -2.07. The summed E-state index contributed by atoms with van der Waals surface area (Å²) < 4.78 is 5.09. The molecular formula is C11H14NO3-. The molecule has 0 amide bonds. The summed E-state index contributed by atoms with van der Waals surface area (Å²) in [6.07, 6.45) is 0. The number of carboxylic acids is 1. The van der Waals surface area contributed by atoms with Crippen molar-refractivity contribution in [3.63, 3.8) is 0 Å². The Bertz CT molecular complexity index is 363. The molecule has 1 N–H and O–H groups in total. The molecule has 0 saturated heterocycles. The molecule has 0 aliphatic heterocycles. The highest BCUT2D eigenvalue weighted by Gasteiger charge is 2.13. The Hall–Kier alpha value is -1.71. The predicted molar refractivity (Wildman–Crippen MR) is 58.0 cm³/mol. The maximum atomic E-state index is 10.8. The van der Waals surface area contributed by atoms with Crippen LogP contribution in [0.15, 0.2) is 18.2 Å². The van der Waals surface area contributed by atoms with Gasteiger partial charge in [-0.3, -0.25) is 4.79 Å². The van der Waals surface area contributed by atoms with Gasteiger partial charge in [-0.2, -0.15) is 0 Å². The number of ether oxygens (including phenoxy) is 1. The van der Waals surface area contributed by atoms with Crippen LogP contribution in [-0.2, 0) is 4.79 Å². The monoisotopic (exact) mass is 208 g/mol. The first-order valence-corrected chi connectivity index (χ1v) is 4.60. The Morgan fingerprint density at radius 1 is 1.53 bits per heavy atom. The number of carbonyl (C=O) groups is 1. The van der Waals surface area contributed by atoms with Crippen molar-refractivity contribution in [2.45, 2.75) is 12.8 Å². The van der Waals surface area contributed by atoms with Crippen molar-refractivity contribution in [1.82, 2.24) is 0 Å². The minimum atomic E-state index is -0.845. The molecule has 0 fully saturated rings. The van der Waals surface area contributed by atoms with Crippen LogP contribution >= 0.6 is 0 Å². The van der Waals surface area contributed by atoms with Crippen LogP contribution in [0.25, 0.3) is 5.32 Å². The number of rotatable bonds is 4. The predicted octanol–water partition coefficient (Wildman–Crippen LogP) is 2.52. The fraction of sp³-hybridized carbons (Fsp3) is 0.364. The lowest BCUT2D eigenvalue weighted by atomic mass is 10.0. The molecule has 0 radical (unpaired) electrons. The molecule has 0 heterocycles. The van der Waals surface area contributed by atoms with E-state index in [9.17, 15) is 4.79 Å². The Labute approximate surface area is 88.9 Å². The van der Waals surface area contributed by atoms with Crippen molar-refractivity contribution in [3.8, 4) is 5.75 Å². The van der Waals surface area contributed by atoms with Gasteiger partial charge in [0.2, 0.25) is 0 Å². The van der Waals surface area contributed by atoms with E-state index in [0.29, 0.717) is 11.4 Å². The standard InChI is InChI=1S/C11H14NO3/c1-7(11(13)14)8-4-5-10(15-3)9(6-8)12-2/h4-7H,1-3H3,(H,13,14)/q-1. The summed E-state index contributed by atoms with van der Waals surface area (Å²) >= 11 is 0. The van der Waals surface area contributed by atoms with Crippen LogP contribution in [0.5, 0.6) is 5.75 Å². The van der Waals surface area contributed by atoms with Crippen LogP contribution in [0.2, 0.25) is 0 Å². The maximum Gasteiger partial charge on any atom is 0.310 e. The second-order valence-electron chi connectivity index (χ2n) is 3.21. The van der Waals surface area contributed by atoms with E-state index < -0.39 is 11.9 Å². The number of benzene rings is 1. The lowest BCUT2D eigenvalue weighted by molar-refractivity contribution is -0.138. The maximum absolute atomic E-state index is 10.8. The zero-order chi connectivity index (χ0) is 11.4. The Morgan fingerprint density at radius 2 is 2.20 bits per heavy atom. The third-order valence-electron chi connectivity index (χ3n) is 2.31.